The maximum absolute atomic E-state index is 2.80. The third-order valence-corrected chi connectivity index (χ3v) is 5.87. The van der Waals surface area contributed by atoms with Crippen molar-refractivity contribution >= 4 is 11.8 Å². The molecule has 0 spiro atoms. The highest BCUT2D eigenvalue weighted by atomic mass is 32.2. The summed E-state index contributed by atoms with van der Waals surface area (Å²) in [5.41, 5.74) is 0. The minimum Gasteiger partial charge on any atom is -0.298 e. The average molecular weight is 270 g/mol. The smallest absolute Gasteiger partial charge is 0.0246 e. The lowest BCUT2D eigenvalue weighted by atomic mass is 9.97. The van der Waals surface area contributed by atoms with Gasteiger partial charge in [-0.2, -0.15) is 11.8 Å². The Morgan fingerprint density at radius 3 is 2.67 bits per heavy atom. The van der Waals surface area contributed by atoms with Gasteiger partial charge in [-0.15, -0.1) is 0 Å². The first-order valence-electron chi connectivity index (χ1n) is 7.62. The van der Waals surface area contributed by atoms with Crippen LogP contribution >= 0.6 is 11.8 Å². The topological polar surface area (TPSA) is 6.48 Å². The van der Waals surface area contributed by atoms with Crippen LogP contribution in [-0.4, -0.2) is 59.6 Å². The van der Waals surface area contributed by atoms with Crippen LogP contribution in [0.5, 0.6) is 0 Å². The molecular formula is C15H30N2S. The lowest BCUT2D eigenvalue weighted by molar-refractivity contribution is 0.0289. The van der Waals surface area contributed by atoms with E-state index in [1.165, 1.54) is 45.4 Å². The van der Waals surface area contributed by atoms with Crippen LogP contribution in [-0.2, 0) is 0 Å². The second-order valence-corrected chi connectivity index (χ2v) is 7.71. The summed E-state index contributed by atoms with van der Waals surface area (Å²) >= 11 is 2.01. The molecule has 2 aliphatic rings. The zero-order chi connectivity index (χ0) is 13.1. The maximum atomic E-state index is 2.80. The van der Waals surface area contributed by atoms with Gasteiger partial charge in [0.2, 0.25) is 0 Å². The fourth-order valence-electron chi connectivity index (χ4n) is 3.46. The molecule has 2 nitrogen and oxygen atoms in total. The fourth-order valence-corrected chi connectivity index (χ4v) is 3.80. The van der Waals surface area contributed by atoms with Crippen molar-refractivity contribution in [3.8, 4) is 0 Å². The zero-order valence-corrected chi connectivity index (χ0v) is 13.4. The molecule has 3 atom stereocenters. The predicted molar refractivity (Wildman–Crippen MR) is 82.4 cm³/mol. The number of rotatable bonds is 5. The second-order valence-electron chi connectivity index (χ2n) is 6.43. The van der Waals surface area contributed by atoms with Crippen LogP contribution < -0.4 is 0 Å². The Hall–Kier alpha value is 0.270. The van der Waals surface area contributed by atoms with E-state index in [-0.39, 0.29) is 0 Å². The Morgan fingerprint density at radius 1 is 1.22 bits per heavy atom. The molecule has 106 valence electrons. The third-order valence-electron chi connectivity index (χ3n) is 4.83. The van der Waals surface area contributed by atoms with Crippen LogP contribution in [0.1, 0.15) is 40.0 Å². The number of fused-ring (bicyclic) bond motifs is 1. The van der Waals surface area contributed by atoms with Gasteiger partial charge in [-0.25, -0.2) is 0 Å². The Balaban J connectivity index is 1.92. The van der Waals surface area contributed by atoms with E-state index in [1.807, 2.05) is 11.8 Å². The molecular weight excluding hydrogens is 240 g/mol. The molecule has 18 heavy (non-hydrogen) atoms. The summed E-state index contributed by atoms with van der Waals surface area (Å²) in [4.78, 5) is 5.54. The monoisotopic (exact) mass is 270 g/mol. The molecule has 3 heteroatoms. The summed E-state index contributed by atoms with van der Waals surface area (Å²) in [6, 6.07) is 1.65. The van der Waals surface area contributed by atoms with Crippen molar-refractivity contribution in [3.05, 3.63) is 0 Å². The Labute approximate surface area is 117 Å². The van der Waals surface area contributed by atoms with E-state index in [0.717, 1.165) is 23.3 Å². The van der Waals surface area contributed by atoms with Crippen molar-refractivity contribution in [1.29, 1.82) is 0 Å². The molecule has 0 aromatic rings. The lowest BCUT2D eigenvalue weighted by Gasteiger charge is -2.45. The molecule has 2 rings (SSSR count). The van der Waals surface area contributed by atoms with Crippen molar-refractivity contribution in [2.45, 2.75) is 57.4 Å². The van der Waals surface area contributed by atoms with Crippen LogP contribution in [0.4, 0.5) is 0 Å². The molecule has 0 N–H and O–H groups in total. The van der Waals surface area contributed by atoms with Gasteiger partial charge >= 0.3 is 0 Å². The number of piperazine rings is 1. The Kier molecular flexibility index (Phi) is 5.40. The normalized spacial score (nSPS) is 31.8. The minimum atomic E-state index is 0.786. The fraction of sp³-hybridized carbons (Fsp3) is 1.00. The van der Waals surface area contributed by atoms with Crippen molar-refractivity contribution in [2.75, 3.05) is 32.4 Å². The van der Waals surface area contributed by atoms with Crippen molar-refractivity contribution in [3.63, 3.8) is 0 Å². The Bertz CT molecular complexity index is 257. The van der Waals surface area contributed by atoms with Gasteiger partial charge < -0.3 is 0 Å². The predicted octanol–water partition coefficient (Wildman–Crippen LogP) is 2.93. The van der Waals surface area contributed by atoms with E-state index in [0.29, 0.717) is 0 Å². The van der Waals surface area contributed by atoms with Gasteiger partial charge in [0, 0.05) is 30.4 Å². The third kappa shape index (κ3) is 3.43. The van der Waals surface area contributed by atoms with Gasteiger partial charge in [-0.05, 0) is 44.5 Å². The highest BCUT2D eigenvalue weighted by Crippen LogP contribution is 2.28. The molecule has 2 heterocycles. The van der Waals surface area contributed by atoms with Crippen LogP contribution in [0, 0.1) is 5.92 Å². The first kappa shape index (κ1) is 14.7. The van der Waals surface area contributed by atoms with Crippen molar-refractivity contribution in [2.24, 2.45) is 5.92 Å². The number of nitrogens with zero attached hydrogens (tertiary/aromatic N) is 2. The minimum absolute atomic E-state index is 0.786. The van der Waals surface area contributed by atoms with Gasteiger partial charge in [0.1, 0.15) is 0 Å². The molecule has 0 radical (unpaired) electrons. The number of thioether (sulfide) groups is 1. The van der Waals surface area contributed by atoms with Gasteiger partial charge in [-0.3, -0.25) is 9.80 Å². The summed E-state index contributed by atoms with van der Waals surface area (Å²) in [7, 11) is 0. The largest absolute Gasteiger partial charge is 0.298 e. The van der Waals surface area contributed by atoms with Crippen LogP contribution in [0.15, 0.2) is 0 Å². The molecule has 2 saturated heterocycles. The van der Waals surface area contributed by atoms with Crippen LogP contribution in [0.25, 0.3) is 0 Å². The molecule has 2 fully saturated rings. The maximum Gasteiger partial charge on any atom is 0.0246 e. The molecule has 0 saturated carbocycles. The first-order chi connectivity index (χ1) is 8.61. The van der Waals surface area contributed by atoms with Crippen molar-refractivity contribution in [1.82, 2.24) is 9.80 Å². The SMILES string of the molecule is CSC(C)CCN1CC2CCCN2CC1C(C)C. The van der Waals surface area contributed by atoms with Gasteiger partial charge in [-0.1, -0.05) is 20.8 Å². The van der Waals surface area contributed by atoms with E-state index in [2.05, 4.69) is 36.8 Å². The molecule has 0 aromatic carbocycles. The summed E-state index contributed by atoms with van der Waals surface area (Å²) in [5.74, 6) is 0.788. The van der Waals surface area contributed by atoms with E-state index in [4.69, 9.17) is 0 Å². The molecule has 0 aliphatic carbocycles. The Morgan fingerprint density at radius 2 is 2.00 bits per heavy atom. The van der Waals surface area contributed by atoms with Gasteiger partial charge in [0.05, 0.1) is 0 Å². The van der Waals surface area contributed by atoms with Crippen LogP contribution in [0.2, 0.25) is 0 Å². The summed E-state index contributed by atoms with van der Waals surface area (Å²) < 4.78 is 0. The summed E-state index contributed by atoms with van der Waals surface area (Å²) in [5, 5.41) is 0.805. The molecule has 0 bridgehead atoms. The van der Waals surface area contributed by atoms with Crippen LogP contribution in [0.3, 0.4) is 0 Å². The quantitative estimate of drug-likeness (QED) is 0.758. The first-order valence-corrected chi connectivity index (χ1v) is 8.91. The van der Waals surface area contributed by atoms with Gasteiger partial charge in [0.15, 0.2) is 0 Å². The highest BCUT2D eigenvalue weighted by Gasteiger charge is 2.37. The second kappa shape index (κ2) is 6.62. The molecule has 0 amide bonds. The molecule has 2 aliphatic heterocycles. The number of hydrogen-bond donors (Lipinski definition) is 0. The standard InChI is InChI=1S/C15H30N2S/c1-12(2)15-11-16-8-5-6-14(16)10-17(15)9-7-13(3)18-4/h12-15H,5-11H2,1-4H3. The average Bonchev–Trinajstić information content (AvgIpc) is 2.81. The summed E-state index contributed by atoms with van der Waals surface area (Å²) in [6.45, 7) is 12.4. The van der Waals surface area contributed by atoms with E-state index < -0.39 is 0 Å². The number of hydrogen-bond acceptors (Lipinski definition) is 3. The highest BCUT2D eigenvalue weighted by molar-refractivity contribution is 7.99. The zero-order valence-electron chi connectivity index (χ0n) is 12.6. The van der Waals surface area contributed by atoms with E-state index in [1.54, 1.807) is 0 Å². The summed E-state index contributed by atoms with van der Waals surface area (Å²) in [6.07, 6.45) is 6.43. The van der Waals surface area contributed by atoms with Crippen molar-refractivity contribution < 1.29 is 0 Å². The van der Waals surface area contributed by atoms with E-state index >= 15 is 0 Å². The van der Waals surface area contributed by atoms with Gasteiger partial charge in [0.25, 0.3) is 0 Å². The van der Waals surface area contributed by atoms with E-state index in [9.17, 15) is 0 Å². The molecule has 3 unspecified atom stereocenters. The lowest BCUT2D eigenvalue weighted by Crippen LogP contribution is -2.58. The molecule has 0 aromatic heterocycles.